The molecule has 2 heterocycles. The molecule has 0 saturated carbocycles. The fourth-order valence-corrected chi connectivity index (χ4v) is 4.00. The van der Waals surface area contributed by atoms with Crippen LogP contribution in [-0.2, 0) is 9.53 Å². The number of benzene rings is 1. The topological polar surface area (TPSA) is 42.0 Å². The number of para-hydroxylation sites is 1. The number of aryl methyl sites for hydroxylation is 2. The fraction of sp³-hybridized carbons (Fsp3) is 0.667. The summed E-state index contributed by atoms with van der Waals surface area (Å²) >= 11 is 0. The van der Waals surface area contributed by atoms with Crippen LogP contribution in [-0.4, -0.2) is 67.7 Å². The second-order valence-electron chi connectivity index (χ2n) is 7.41. The first-order valence-corrected chi connectivity index (χ1v) is 9.96. The van der Waals surface area contributed by atoms with E-state index in [0.29, 0.717) is 25.7 Å². The van der Waals surface area contributed by atoms with Gasteiger partial charge in [-0.2, -0.15) is 0 Å². The molecule has 2 fully saturated rings. The van der Waals surface area contributed by atoms with Gasteiger partial charge in [0.1, 0.15) is 5.75 Å². The van der Waals surface area contributed by atoms with E-state index in [1.54, 1.807) is 0 Å². The first-order valence-electron chi connectivity index (χ1n) is 9.96. The maximum atomic E-state index is 12.9. The first kappa shape index (κ1) is 19.2. The van der Waals surface area contributed by atoms with Crippen molar-refractivity contribution in [3.05, 3.63) is 29.3 Å². The molecule has 2 aliphatic rings. The zero-order chi connectivity index (χ0) is 18.4. The molecule has 2 aliphatic heterocycles. The molecule has 144 valence electrons. The predicted molar refractivity (Wildman–Crippen MR) is 103 cm³/mol. The summed E-state index contributed by atoms with van der Waals surface area (Å²) in [6, 6.07) is 6.28. The van der Waals surface area contributed by atoms with Crippen molar-refractivity contribution in [1.29, 1.82) is 0 Å². The summed E-state index contributed by atoms with van der Waals surface area (Å²) in [7, 11) is 0. The van der Waals surface area contributed by atoms with Crippen molar-refractivity contribution >= 4 is 5.91 Å². The molecule has 1 atom stereocenters. The molecular weight excluding hydrogens is 328 g/mol. The van der Waals surface area contributed by atoms with Crippen LogP contribution in [0.25, 0.3) is 0 Å². The van der Waals surface area contributed by atoms with Crippen LogP contribution < -0.4 is 4.74 Å². The third-order valence-electron chi connectivity index (χ3n) is 5.47. The number of carbonyl (C=O) groups excluding carboxylic acids is 1. The molecule has 5 nitrogen and oxygen atoms in total. The van der Waals surface area contributed by atoms with E-state index in [2.05, 4.69) is 36.9 Å². The van der Waals surface area contributed by atoms with Gasteiger partial charge in [-0.1, -0.05) is 24.6 Å². The van der Waals surface area contributed by atoms with E-state index in [4.69, 9.17) is 9.47 Å². The molecule has 1 amide bonds. The Morgan fingerprint density at radius 2 is 1.88 bits per heavy atom. The van der Waals surface area contributed by atoms with E-state index < -0.39 is 0 Å². The highest BCUT2D eigenvalue weighted by molar-refractivity contribution is 5.82. The number of hydrogen-bond donors (Lipinski definition) is 0. The molecule has 26 heavy (non-hydrogen) atoms. The molecule has 1 aromatic carbocycles. The lowest BCUT2D eigenvalue weighted by Crippen LogP contribution is -2.53. The predicted octanol–water partition coefficient (Wildman–Crippen LogP) is 2.79. The Bertz CT molecular complexity index is 579. The number of rotatable bonds is 6. The molecule has 0 radical (unpaired) electrons. The Labute approximate surface area is 157 Å². The summed E-state index contributed by atoms with van der Waals surface area (Å²) in [4.78, 5) is 17.3. The largest absolute Gasteiger partial charge is 0.493 e. The van der Waals surface area contributed by atoms with Gasteiger partial charge < -0.3 is 14.4 Å². The Kier molecular flexibility index (Phi) is 6.92. The van der Waals surface area contributed by atoms with Gasteiger partial charge in [0, 0.05) is 19.6 Å². The lowest BCUT2D eigenvalue weighted by atomic mass is 10.0. The van der Waals surface area contributed by atoms with E-state index in [-0.39, 0.29) is 6.04 Å². The third kappa shape index (κ3) is 4.77. The molecular formula is C21H32N2O3. The number of hydrogen-bond acceptors (Lipinski definition) is 4. The van der Waals surface area contributed by atoms with Crippen LogP contribution in [0.2, 0.25) is 0 Å². The maximum Gasteiger partial charge on any atom is 0.240 e. The van der Waals surface area contributed by atoms with Gasteiger partial charge in [0.2, 0.25) is 5.91 Å². The highest BCUT2D eigenvalue weighted by Gasteiger charge is 2.32. The summed E-state index contributed by atoms with van der Waals surface area (Å²) in [6.07, 6.45) is 4.26. The average Bonchev–Trinajstić information content (AvgIpc) is 2.67. The zero-order valence-corrected chi connectivity index (χ0v) is 16.2. The van der Waals surface area contributed by atoms with Crippen molar-refractivity contribution < 1.29 is 14.3 Å². The van der Waals surface area contributed by atoms with Gasteiger partial charge in [0.25, 0.3) is 0 Å². The lowest BCUT2D eigenvalue weighted by Gasteiger charge is -2.38. The SMILES string of the molecule is Cc1cccc(C)c1OCCCN1CCCCC1C(=O)N1CCOCC1. The molecule has 0 bridgehead atoms. The molecule has 1 aromatic rings. The number of nitrogens with zero attached hydrogens (tertiary/aromatic N) is 2. The van der Waals surface area contributed by atoms with Crippen molar-refractivity contribution in [1.82, 2.24) is 9.80 Å². The van der Waals surface area contributed by atoms with Gasteiger partial charge in [0.05, 0.1) is 25.9 Å². The van der Waals surface area contributed by atoms with Crippen molar-refractivity contribution in [3.63, 3.8) is 0 Å². The molecule has 0 N–H and O–H groups in total. The van der Waals surface area contributed by atoms with Crippen molar-refractivity contribution in [2.24, 2.45) is 0 Å². The monoisotopic (exact) mass is 360 g/mol. The first-order chi connectivity index (χ1) is 12.7. The van der Waals surface area contributed by atoms with Gasteiger partial charge >= 0.3 is 0 Å². The van der Waals surface area contributed by atoms with Crippen LogP contribution in [0.3, 0.4) is 0 Å². The number of piperidine rings is 1. The Hall–Kier alpha value is -1.59. The minimum absolute atomic E-state index is 0.0436. The van der Waals surface area contributed by atoms with E-state index in [1.807, 2.05) is 4.90 Å². The highest BCUT2D eigenvalue weighted by atomic mass is 16.5. The average molecular weight is 360 g/mol. The summed E-state index contributed by atoms with van der Waals surface area (Å²) in [6.45, 7) is 9.62. The van der Waals surface area contributed by atoms with Crippen LogP contribution in [0.1, 0.15) is 36.8 Å². The second kappa shape index (κ2) is 9.38. The van der Waals surface area contributed by atoms with Crippen molar-refractivity contribution in [2.45, 2.75) is 45.6 Å². The Balaban J connectivity index is 1.49. The van der Waals surface area contributed by atoms with Gasteiger partial charge in [-0.05, 0) is 50.8 Å². The summed E-state index contributed by atoms with van der Waals surface area (Å²) in [5.74, 6) is 1.30. The summed E-state index contributed by atoms with van der Waals surface area (Å²) in [5, 5.41) is 0. The van der Waals surface area contributed by atoms with E-state index in [9.17, 15) is 4.79 Å². The van der Waals surface area contributed by atoms with Crippen LogP contribution in [0.5, 0.6) is 5.75 Å². The number of carbonyl (C=O) groups is 1. The van der Waals surface area contributed by atoms with E-state index >= 15 is 0 Å². The quantitative estimate of drug-likeness (QED) is 0.732. The minimum Gasteiger partial charge on any atom is -0.493 e. The van der Waals surface area contributed by atoms with Crippen molar-refractivity contribution in [2.75, 3.05) is 46.0 Å². The van der Waals surface area contributed by atoms with E-state index in [1.165, 1.54) is 17.5 Å². The Morgan fingerprint density at radius 3 is 2.62 bits per heavy atom. The smallest absolute Gasteiger partial charge is 0.240 e. The van der Waals surface area contributed by atoms with E-state index in [0.717, 1.165) is 51.2 Å². The van der Waals surface area contributed by atoms with Gasteiger partial charge in [0.15, 0.2) is 0 Å². The minimum atomic E-state index is 0.0436. The van der Waals surface area contributed by atoms with Crippen molar-refractivity contribution in [3.8, 4) is 5.75 Å². The normalized spacial score (nSPS) is 21.6. The zero-order valence-electron chi connectivity index (χ0n) is 16.2. The van der Waals surface area contributed by atoms with Gasteiger partial charge in [-0.3, -0.25) is 9.69 Å². The number of likely N-dealkylation sites (tertiary alicyclic amines) is 1. The lowest BCUT2D eigenvalue weighted by molar-refractivity contribution is -0.142. The molecule has 0 aromatic heterocycles. The fourth-order valence-electron chi connectivity index (χ4n) is 4.00. The molecule has 1 unspecified atom stereocenters. The highest BCUT2D eigenvalue weighted by Crippen LogP contribution is 2.23. The van der Waals surface area contributed by atoms with Crippen LogP contribution in [0, 0.1) is 13.8 Å². The standard InChI is InChI=1S/C21H32N2O3/c1-17-7-5-8-18(2)20(17)26-14-6-11-22-10-4-3-9-19(22)21(24)23-12-15-25-16-13-23/h5,7-8,19H,3-4,6,9-16H2,1-2H3. The van der Waals surface area contributed by atoms with Crippen LogP contribution in [0.15, 0.2) is 18.2 Å². The molecule has 0 aliphatic carbocycles. The Morgan fingerprint density at radius 1 is 1.15 bits per heavy atom. The third-order valence-corrected chi connectivity index (χ3v) is 5.47. The molecule has 3 rings (SSSR count). The molecule has 5 heteroatoms. The van der Waals surface area contributed by atoms with Crippen LogP contribution >= 0.6 is 0 Å². The number of morpholine rings is 1. The number of ether oxygens (including phenoxy) is 2. The maximum absolute atomic E-state index is 12.9. The second-order valence-corrected chi connectivity index (χ2v) is 7.41. The molecule has 0 spiro atoms. The summed E-state index contributed by atoms with van der Waals surface area (Å²) < 4.78 is 11.4. The van der Waals surface area contributed by atoms with Gasteiger partial charge in [-0.15, -0.1) is 0 Å². The van der Waals surface area contributed by atoms with Gasteiger partial charge in [-0.25, -0.2) is 0 Å². The number of amides is 1. The molecule has 2 saturated heterocycles. The van der Waals surface area contributed by atoms with Crippen LogP contribution in [0.4, 0.5) is 0 Å². The summed E-state index contributed by atoms with van der Waals surface area (Å²) in [5.41, 5.74) is 2.37.